The summed E-state index contributed by atoms with van der Waals surface area (Å²) in [4.78, 5) is 23.2. The van der Waals surface area contributed by atoms with Gasteiger partial charge in [-0.1, -0.05) is 24.3 Å². The highest BCUT2D eigenvalue weighted by Gasteiger charge is 2.21. The van der Waals surface area contributed by atoms with E-state index in [-0.39, 0.29) is 29.4 Å². The monoisotopic (exact) mass is 307 g/mol. The van der Waals surface area contributed by atoms with Gasteiger partial charge in [0.25, 0.3) is 0 Å². The van der Waals surface area contributed by atoms with E-state index in [1.54, 1.807) is 6.92 Å². The lowest BCUT2D eigenvalue weighted by atomic mass is 9.88. The SMILES string of the molecule is CCOC(=O)CSCC(=O)N[C@H]1CCCc2ccccc21. The number of hydrogen-bond donors (Lipinski definition) is 1. The minimum atomic E-state index is -0.265. The van der Waals surface area contributed by atoms with Gasteiger partial charge in [-0.15, -0.1) is 11.8 Å². The van der Waals surface area contributed by atoms with Crippen molar-refractivity contribution in [1.82, 2.24) is 5.32 Å². The summed E-state index contributed by atoms with van der Waals surface area (Å²) in [5, 5.41) is 3.07. The van der Waals surface area contributed by atoms with Gasteiger partial charge >= 0.3 is 5.97 Å². The Bertz CT molecular complexity index is 504. The second kappa shape index (κ2) is 8.08. The standard InChI is InChI=1S/C16H21NO3S/c1-2-20-16(19)11-21-10-15(18)17-14-9-5-7-12-6-3-4-8-13(12)14/h3-4,6,8,14H,2,5,7,9-11H2,1H3,(H,17,18)/t14-/m0/s1. The highest BCUT2D eigenvalue weighted by Crippen LogP contribution is 2.29. The summed E-state index contributed by atoms with van der Waals surface area (Å²) >= 11 is 1.29. The molecule has 0 saturated heterocycles. The molecule has 0 radical (unpaired) electrons. The highest BCUT2D eigenvalue weighted by molar-refractivity contribution is 8.00. The molecule has 0 heterocycles. The van der Waals surface area contributed by atoms with Crippen molar-refractivity contribution in [3.05, 3.63) is 35.4 Å². The molecule has 1 aliphatic carbocycles. The van der Waals surface area contributed by atoms with Crippen molar-refractivity contribution in [2.75, 3.05) is 18.1 Å². The molecule has 1 aromatic carbocycles. The van der Waals surface area contributed by atoms with Gasteiger partial charge in [0.2, 0.25) is 5.91 Å². The van der Waals surface area contributed by atoms with E-state index < -0.39 is 0 Å². The maximum absolute atomic E-state index is 12.0. The Morgan fingerprint density at radius 3 is 2.95 bits per heavy atom. The van der Waals surface area contributed by atoms with E-state index in [0.717, 1.165) is 19.3 Å². The molecular formula is C16H21NO3S. The van der Waals surface area contributed by atoms with Gasteiger partial charge in [-0.05, 0) is 37.3 Å². The zero-order valence-corrected chi connectivity index (χ0v) is 13.1. The first-order valence-electron chi connectivity index (χ1n) is 7.31. The molecular weight excluding hydrogens is 286 g/mol. The summed E-state index contributed by atoms with van der Waals surface area (Å²) in [6, 6.07) is 8.37. The summed E-state index contributed by atoms with van der Waals surface area (Å²) in [6.45, 7) is 2.15. The first kappa shape index (κ1) is 15.9. The average molecular weight is 307 g/mol. The molecule has 0 unspecified atom stereocenters. The Hall–Kier alpha value is -1.49. The maximum atomic E-state index is 12.0. The fourth-order valence-corrected chi connectivity index (χ4v) is 3.19. The number of benzene rings is 1. The van der Waals surface area contributed by atoms with E-state index >= 15 is 0 Å². The summed E-state index contributed by atoms with van der Waals surface area (Å²) in [5.41, 5.74) is 2.56. The van der Waals surface area contributed by atoms with Crippen LogP contribution in [0.4, 0.5) is 0 Å². The molecule has 1 aromatic rings. The number of fused-ring (bicyclic) bond motifs is 1. The first-order chi connectivity index (χ1) is 10.2. The molecule has 114 valence electrons. The van der Waals surface area contributed by atoms with E-state index in [9.17, 15) is 9.59 Å². The van der Waals surface area contributed by atoms with Gasteiger partial charge in [0.1, 0.15) is 0 Å². The van der Waals surface area contributed by atoms with E-state index in [2.05, 4.69) is 17.4 Å². The number of rotatable bonds is 6. The summed E-state index contributed by atoms with van der Waals surface area (Å²) in [6.07, 6.45) is 3.16. The number of esters is 1. The van der Waals surface area contributed by atoms with Crippen molar-refractivity contribution in [2.24, 2.45) is 0 Å². The normalized spacial score (nSPS) is 16.9. The average Bonchev–Trinajstić information content (AvgIpc) is 2.48. The van der Waals surface area contributed by atoms with Gasteiger partial charge < -0.3 is 10.1 Å². The van der Waals surface area contributed by atoms with E-state index in [1.807, 2.05) is 12.1 Å². The van der Waals surface area contributed by atoms with Crippen LogP contribution in [0.25, 0.3) is 0 Å². The van der Waals surface area contributed by atoms with Crippen LogP contribution in [0.1, 0.15) is 36.9 Å². The topological polar surface area (TPSA) is 55.4 Å². The van der Waals surface area contributed by atoms with Gasteiger partial charge in [-0.2, -0.15) is 0 Å². The number of ether oxygens (including phenoxy) is 1. The number of amides is 1. The molecule has 0 spiro atoms. The Labute approximate surface area is 129 Å². The Kier molecular flexibility index (Phi) is 6.11. The molecule has 0 aliphatic heterocycles. The molecule has 4 nitrogen and oxygen atoms in total. The third kappa shape index (κ3) is 4.77. The van der Waals surface area contributed by atoms with E-state index in [4.69, 9.17) is 4.74 Å². The summed E-state index contributed by atoms with van der Waals surface area (Å²) in [7, 11) is 0. The Morgan fingerprint density at radius 2 is 2.14 bits per heavy atom. The van der Waals surface area contributed by atoms with Crippen molar-refractivity contribution in [1.29, 1.82) is 0 Å². The number of aryl methyl sites for hydroxylation is 1. The Morgan fingerprint density at radius 1 is 1.33 bits per heavy atom. The lowest BCUT2D eigenvalue weighted by molar-refractivity contribution is -0.139. The Balaban J connectivity index is 1.80. The maximum Gasteiger partial charge on any atom is 0.315 e. The largest absolute Gasteiger partial charge is 0.465 e. The van der Waals surface area contributed by atoms with Gasteiger partial charge in [0.05, 0.1) is 24.2 Å². The lowest BCUT2D eigenvalue weighted by Crippen LogP contribution is -2.32. The molecule has 5 heteroatoms. The predicted molar refractivity (Wildman–Crippen MR) is 84.2 cm³/mol. The minimum Gasteiger partial charge on any atom is -0.465 e. The number of hydrogen-bond acceptors (Lipinski definition) is 4. The second-order valence-corrected chi connectivity index (χ2v) is 5.99. The van der Waals surface area contributed by atoms with Crippen molar-refractivity contribution in [3.63, 3.8) is 0 Å². The van der Waals surface area contributed by atoms with Crippen LogP contribution < -0.4 is 5.32 Å². The van der Waals surface area contributed by atoms with Gasteiger partial charge in [0.15, 0.2) is 0 Å². The van der Waals surface area contributed by atoms with Crippen LogP contribution in [0.2, 0.25) is 0 Å². The van der Waals surface area contributed by atoms with Crippen LogP contribution in [0.5, 0.6) is 0 Å². The highest BCUT2D eigenvalue weighted by atomic mass is 32.2. The van der Waals surface area contributed by atoms with E-state index in [1.165, 1.54) is 22.9 Å². The number of nitrogens with one attached hydrogen (secondary N) is 1. The third-order valence-corrected chi connectivity index (χ3v) is 4.37. The van der Waals surface area contributed by atoms with Crippen molar-refractivity contribution in [2.45, 2.75) is 32.2 Å². The predicted octanol–water partition coefficient (Wildman–Crippen LogP) is 2.48. The van der Waals surface area contributed by atoms with Crippen LogP contribution in [0.3, 0.4) is 0 Å². The number of thioether (sulfide) groups is 1. The molecule has 1 aliphatic rings. The van der Waals surface area contributed by atoms with Crippen molar-refractivity contribution >= 4 is 23.6 Å². The molecule has 0 aromatic heterocycles. The lowest BCUT2D eigenvalue weighted by Gasteiger charge is -2.26. The van der Waals surface area contributed by atoms with Crippen LogP contribution in [-0.2, 0) is 20.7 Å². The first-order valence-corrected chi connectivity index (χ1v) is 8.46. The number of carbonyl (C=O) groups excluding carboxylic acids is 2. The van der Waals surface area contributed by atoms with Crippen LogP contribution >= 0.6 is 11.8 Å². The fraction of sp³-hybridized carbons (Fsp3) is 0.500. The molecule has 0 saturated carbocycles. The zero-order valence-electron chi connectivity index (χ0n) is 12.3. The van der Waals surface area contributed by atoms with Crippen LogP contribution in [0, 0.1) is 0 Å². The molecule has 0 bridgehead atoms. The zero-order chi connectivity index (χ0) is 15.1. The minimum absolute atomic E-state index is 0.0222. The van der Waals surface area contributed by atoms with E-state index in [0.29, 0.717) is 6.61 Å². The fourth-order valence-electron chi connectivity index (χ4n) is 2.57. The van der Waals surface area contributed by atoms with Crippen LogP contribution in [0.15, 0.2) is 24.3 Å². The summed E-state index contributed by atoms with van der Waals surface area (Å²) in [5.74, 6) is 0.226. The number of carbonyl (C=O) groups is 2. The molecule has 2 rings (SSSR count). The van der Waals surface area contributed by atoms with Crippen LogP contribution in [-0.4, -0.2) is 30.0 Å². The van der Waals surface area contributed by atoms with Gasteiger partial charge in [0, 0.05) is 0 Å². The molecule has 0 fully saturated rings. The molecule has 1 N–H and O–H groups in total. The summed E-state index contributed by atoms with van der Waals surface area (Å²) < 4.78 is 4.83. The second-order valence-electron chi connectivity index (χ2n) is 5.01. The molecule has 1 amide bonds. The van der Waals surface area contributed by atoms with Gasteiger partial charge in [-0.3, -0.25) is 9.59 Å². The molecule has 21 heavy (non-hydrogen) atoms. The van der Waals surface area contributed by atoms with Gasteiger partial charge in [-0.25, -0.2) is 0 Å². The quantitative estimate of drug-likeness (QED) is 0.820. The molecule has 1 atom stereocenters. The van der Waals surface area contributed by atoms with Crippen molar-refractivity contribution in [3.8, 4) is 0 Å². The van der Waals surface area contributed by atoms with Crippen molar-refractivity contribution < 1.29 is 14.3 Å². The smallest absolute Gasteiger partial charge is 0.315 e. The third-order valence-electron chi connectivity index (χ3n) is 3.46.